The molecule has 0 radical (unpaired) electrons. The number of anilines is 2. The van der Waals surface area contributed by atoms with Gasteiger partial charge in [0.1, 0.15) is 11.8 Å². The zero-order valence-corrected chi connectivity index (χ0v) is 15.7. The number of hydrogen-bond acceptors (Lipinski definition) is 5. The smallest absolute Gasteiger partial charge is 0.246 e. The molecule has 3 rings (SSSR count). The Morgan fingerprint density at radius 3 is 2.72 bits per heavy atom. The number of amides is 1. The minimum absolute atomic E-state index is 0.151. The van der Waals surface area contributed by atoms with Gasteiger partial charge in [-0.3, -0.25) is 4.79 Å². The number of benzene rings is 2. The van der Waals surface area contributed by atoms with Crippen molar-refractivity contribution >= 4 is 50.4 Å². The highest BCUT2D eigenvalue weighted by molar-refractivity contribution is 7.18. The first-order valence-electron chi connectivity index (χ1n) is 7.74. The molecule has 2 N–H and O–H groups in total. The third-order valence-corrected chi connectivity index (χ3v) is 4.92. The van der Waals surface area contributed by atoms with Crippen LogP contribution in [0.1, 0.15) is 11.9 Å². The lowest BCUT2D eigenvalue weighted by molar-refractivity contribution is -0.116. The van der Waals surface area contributed by atoms with Crippen LogP contribution in [0, 0.1) is 6.92 Å². The van der Waals surface area contributed by atoms with Gasteiger partial charge >= 0.3 is 0 Å². The number of aryl methyl sites for hydroxylation is 1. The lowest BCUT2D eigenvalue weighted by Gasteiger charge is -2.16. The maximum absolute atomic E-state index is 12.4. The molecule has 1 heterocycles. The third-order valence-electron chi connectivity index (χ3n) is 3.69. The van der Waals surface area contributed by atoms with Gasteiger partial charge in [0.25, 0.3) is 0 Å². The van der Waals surface area contributed by atoms with Crippen LogP contribution in [0.25, 0.3) is 10.2 Å². The Kier molecular flexibility index (Phi) is 5.11. The van der Waals surface area contributed by atoms with Crippen LogP contribution in [0.3, 0.4) is 0 Å². The molecule has 0 aliphatic heterocycles. The number of carbonyl (C=O) groups is 1. The monoisotopic (exact) mass is 375 g/mol. The second-order valence-electron chi connectivity index (χ2n) is 5.62. The van der Waals surface area contributed by atoms with Crippen LogP contribution in [0.4, 0.5) is 11.4 Å². The van der Waals surface area contributed by atoms with Gasteiger partial charge in [0.05, 0.1) is 27.4 Å². The number of ether oxygens (including phenoxy) is 1. The van der Waals surface area contributed by atoms with Gasteiger partial charge in [-0.25, -0.2) is 4.98 Å². The fourth-order valence-corrected chi connectivity index (χ4v) is 3.56. The van der Waals surface area contributed by atoms with Crippen molar-refractivity contribution in [3.63, 3.8) is 0 Å². The van der Waals surface area contributed by atoms with Crippen LogP contribution in [0.5, 0.6) is 5.75 Å². The van der Waals surface area contributed by atoms with E-state index in [-0.39, 0.29) is 5.91 Å². The quantitative estimate of drug-likeness (QED) is 0.678. The molecule has 130 valence electrons. The molecular weight excluding hydrogens is 358 g/mol. The molecule has 0 saturated carbocycles. The Morgan fingerprint density at radius 2 is 2.00 bits per heavy atom. The predicted octanol–water partition coefficient (Wildman–Crippen LogP) is 4.71. The fraction of sp³-hybridized carbons (Fsp3) is 0.222. The molecule has 5 nitrogen and oxygen atoms in total. The number of halogens is 1. The van der Waals surface area contributed by atoms with Crippen LogP contribution in [-0.2, 0) is 4.79 Å². The van der Waals surface area contributed by atoms with E-state index in [1.54, 1.807) is 36.6 Å². The lowest BCUT2D eigenvalue weighted by atomic mass is 10.2. The molecule has 3 aromatic rings. The van der Waals surface area contributed by atoms with E-state index in [1.807, 2.05) is 32.0 Å². The zero-order chi connectivity index (χ0) is 18.0. The number of nitrogens with one attached hydrogen (secondary N) is 2. The topological polar surface area (TPSA) is 63.2 Å². The number of aromatic nitrogens is 1. The van der Waals surface area contributed by atoms with E-state index in [9.17, 15) is 4.79 Å². The van der Waals surface area contributed by atoms with Gasteiger partial charge in [0.15, 0.2) is 0 Å². The molecule has 1 atom stereocenters. The third kappa shape index (κ3) is 4.03. The number of hydrogen-bond donors (Lipinski definition) is 2. The molecule has 1 unspecified atom stereocenters. The van der Waals surface area contributed by atoms with Crippen molar-refractivity contribution in [3.8, 4) is 5.75 Å². The van der Waals surface area contributed by atoms with Crippen molar-refractivity contribution < 1.29 is 9.53 Å². The first kappa shape index (κ1) is 17.5. The molecule has 0 aliphatic carbocycles. The fourth-order valence-electron chi connectivity index (χ4n) is 2.44. The van der Waals surface area contributed by atoms with E-state index in [2.05, 4.69) is 15.6 Å². The minimum Gasteiger partial charge on any atom is -0.495 e. The Morgan fingerprint density at radius 1 is 1.24 bits per heavy atom. The van der Waals surface area contributed by atoms with E-state index >= 15 is 0 Å². The summed E-state index contributed by atoms with van der Waals surface area (Å²) in [5, 5.41) is 7.53. The van der Waals surface area contributed by atoms with Crippen LogP contribution in [0.15, 0.2) is 36.4 Å². The molecule has 1 amide bonds. The van der Waals surface area contributed by atoms with Crippen molar-refractivity contribution in [1.29, 1.82) is 0 Å². The second kappa shape index (κ2) is 7.29. The van der Waals surface area contributed by atoms with Crippen LogP contribution < -0.4 is 15.4 Å². The Labute approximate surface area is 155 Å². The maximum atomic E-state index is 12.4. The number of nitrogens with zero attached hydrogens (tertiary/aromatic N) is 1. The summed E-state index contributed by atoms with van der Waals surface area (Å²) in [6, 6.07) is 10.6. The molecule has 7 heteroatoms. The van der Waals surface area contributed by atoms with Gasteiger partial charge in [0, 0.05) is 11.4 Å². The highest BCUT2D eigenvalue weighted by Gasteiger charge is 2.14. The average Bonchev–Trinajstić information content (AvgIpc) is 2.94. The van der Waals surface area contributed by atoms with E-state index in [4.69, 9.17) is 16.3 Å². The number of fused-ring (bicyclic) bond motifs is 1. The summed E-state index contributed by atoms with van der Waals surface area (Å²) >= 11 is 7.71. The lowest BCUT2D eigenvalue weighted by Crippen LogP contribution is -2.31. The standard InChI is InChI=1S/C18H18ClN3O2S/c1-10(18(23)22-12-5-7-16(24-3)14(19)8-12)20-13-4-6-15-17(9-13)25-11(2)21-15/h4-10,20H,1-3H3,(H,22,23). The first-order valence-corrected chi connectivity index (χ1v) is 8.94. The Bertz CT molecular complexity index is 926. The van der Waals surface area contributed by atoms with Gasteiger partial charge in [-0.05, 0) is 50.2 Å². The molecular formula is C18H18ClN3O2S. The van der Waals surface area contributed by atoms with E-state index < -0.39 is 6.04 Å². The molecule has 0 spiro atoms. The molecule has 0 fully saturated rings. The number of rotatable bonds is 5. The normalized spacial score (nSPS) is 12.0. The van der Waals surface area contributed by atoms with Crippen molar-refractivity contribution in [1.82, 2.24) is 4.98 Å². The van der Waals surface area contributed by atoms with Crippen LogP contribution in [-0.4, -0.2) is 24.0 Å². The molecule has 25 heavy (non-hydrogen) atoms. The number of thiazole rings is 1. The van der Waals surface area contributed by atoms with Crippen molar-refractivity contribution in [2.24, 2.45) is 0 Å². The maximum Gasteiger partial charge on any atom is 0.246 e. The van der Waals surface area contributed by atoms with Crippen LogP contribution >= 0.6 is 22.9 Å². The van der Waals surface area contributed by atoms with E-state index in [0.717, 1.165) is 20.9 Å². The summed E-state index contributed by atoms with van der Waals surface area (Å²) in [5.74, 6) is 0.417. The first-order chi connectivity index (χ1) is 12.0. The largest absolute Gasteiger partial charge is 0.495 e. The average molecular weight is 376 g/mol. The van der Waals surface area contributed by atoms with Crippen LogP contribution in [0.2, 0.25) is 5.02 Å². The molecule has 0 saturated heterocycles. The summed E-state index contributed by atoms with van der Waals surface area (Å²) in [4.78, 5) is 16.8. The molecule has 2 aromatic carbocycles. The highest BCUT2D eigenvalue weighted by Crippen LogP contribution is 2.28. The van der Waals surface area contributed by atoms with E-state index in [1.165, 1.54) is 0 Å². The molecule has 1 aromatic heterocycles. The van der Waals surface area contributed by atoms with Crippen molar-refractivity contribution in [2.45, 2.75) is 19.9 Å². The predicted molar refractivity (Wildman–Crippen MR) is 104 cm³/mol. The minimum atomic E-state index is -0.410. The summed E-state index contributed by atoms with van der Waals surface area (Å²) in [6.07, 6.45) is 0. The van der Waals surface area contributed by atoms with Gasteiger partial charge < -0.3 is 15.4 Å². The van der Waals surface area contributed by atoms with Crippen molar-refractivity contribution in [2.75, 3.05) is 17.7 Å². The zero-order valence-electron chi connectivity index (χ0n) is 14.1. The molecule has 0 bridgehead atoms. The Hall–Kier alpha value is -2.31. The summed E-state index contributed by atoms with van der Waals surface area (Å²) in [5.41, 5.74) is 2.47. The Balaban J connectivity index is 1.68. The summed E-state index contributed by atoms with van der Waals surface area (Å²) < 4.78 is 6.20. The van der Waals surface area contributed by atoms with Gasteiger partial charge in [0.2, 0.25) is 5.91 Å². The summed E-state index contributed by atoms with van der Waals surface area (Å²) in [7, 11) is 1.55. The van der Waals surface area contributed by atoms with E-state index in [0.29, 0.717) is 16.5 Å². The number of methoxy groups -OCH3 is 1. The van der Waals surface area contributed by atoms with Crippen molar-refractivity contribution in [3.05, 3.63) is 46.4 Å². The number of carbonyl (C=O) groups excluding carboxylic acids is 1. The highest BCUT2D eigenvalue weighted by atomic mass is 35.5. The van der Waals surface area contributed by atoms with Gasteiger partial charge in [-0.2, -0.15) is 0 Å². The van der Waals surface area contributed by atoms with Gasteiger partial charge in [-0.1, -0.05) is 11.6 Å². The van der Waals surface area contributed by atoms with Gasteiger partial charge in [-0.15, -0.1) is 11.3 Å². The SMILES string of the molecule is COc1ccc(NC(=O)C(C)Nc2ccc3nc(C)sc3c2)cc1Cl. The summed E-state index contributed by atoms with van der Waals surface area (Å²) in [6.45, 7) is 3.79. The molecule has 0 aliphatic rings. The second-order valence-corrected chi connectivity index (χ2v) is 7.26.